The zero-order valence-corrected chi connectivity index (χ0v) is 11.2. The molecule has 0 saturated carbocycles. The largest absolute Gasteiger partial charge is 0.307 e. The number of benzene rings is 1. The van der Waals surface area contributed by atoms with Crippen molar-refractivity contribution in [2.24, 2.45) is 0 Å². The molecule has 1 unspecified atom stereocenters. The van der Waals surface area contributed by atoms with Gasteiger partial charge in [-0.1, -0.05) is 12.1 Å². The third-order valence-corrected chi connectivity index (χ3v) is 5.10. The van der Waals surface area contributed by atoms with Gasteiger partial charge in [0.2, 0.25) is 0 Å². The molecule has 5 heteroatoms. The second kappa shape index (κ2) is 5.36. The molecule has 1 heterocycles. The minimum atomic E-state index is -2.82. The van der Waals surface area contributed by atoms with Crippen LogP contribution in [0.4, 0.5) is 4.39 Å². The summed E-state index contributed by atoms with van der Waals surface area (Å²) in [5, 5.41) is 3.37. The Kier molecular flexibility index (Phi) is 4.02. The molecule has 0 bridgehead atoms. The van der Waals surface area contributed by atoms with Gasteiger partial charge in [-0.3, -0.25) is 0 Å². The normalized spacial score (nSPS) is 21.7. The monoisotopic (exact) mass is 271 g/mol. The maximum absolute atomic E-state index is 13.1. The van der Waals surface area contributed by atoms with Gasteiger partial charge in [-0.05, 0) is 37.5 Å². The minimum absolute atomic E-state index is 0.0338. The first kappa shape index (κ1) is 13.5. The Balaban J connectivity index is 1.94. The lowest BCUT2D eigenvalue weighted by Gasteiger charge is -2.26. The third kappa shape index (κ3) is 3.53. The quantitative estimate of drug-likeness (QED) is 0.915. The van der Waals surface area contributed by atoms with E-state index in [1.54, 1.807) is 6.07 Å². The van der Waals surface area contributed by atoms with Crippen molar-refractivity contribution in [1.82, 2.24) is 5.32 Å². The van der Waals surface area contributed by atoms with Gasteiger partial charge in [0, 0.05) is 12.1 Å². The van der Waals surface area contributed by atoms with Crippen LogP contribution < -0.4 is 5.32 Å². The van der Waals surface area contributed by atoms with Crippen molar-refractivity contribution in [3.8, 4) is 0 Å². The summed E-state index contributed by atoms with van der Waals surface area (Å²) in [7, 11) is -2.82. The third-order valence-electron chi connectivity index (χ3n) is 3.39. The number of nitrogens with one attached hydrogen (secondary N) is 1. The molecule has 100 valence electrons. The fourth-order valence-corrected chi connectivity index (χ4v) is 3.77. The van der Waals surface area contributed by atoms with E-state index in [1.165, 1.54) is 12.1 Å². The van der Waals surface area contributed by atoms with Crippen molar-refractivity contribution in [2.45, 2.75) is 31.8 Å². The van der Waals surface area contributed by atoms with E-state index < -0.39 is 9.84 Å². The van der Waals surface area contributed by atoms with E-state index in [0.29, 0.717) is 12.8 Å². The Morgan fingerprint density at radius 2 is 2.00 bits per heavy atom. The Morgan fingerprint density at radius 3 is 2.61 bits per heavy atom. The summed E-state index contributed by atoms with van der Waals surface area (Å²) in [5.41, 5.74) is 0.892. The summed E-state index contributed by atoms with van der Waals surface area (Å²) in [6.45, 7) is 1.97. The van der Waals surface area contributed by atoms with Crippen LogP contribution in [0.3, 0.4) is 0 Å². The summed E-state index contributed by atoms with van der Waals surface area (Å²) in [4.78, 5) is 0. The number of rotatable bonds is 3. The average molecular weight is 271 g/mol. The molecule has 1 aromatic rings. The molecule has 1 aliphatic rings. The number of hydrogen-bond acceptors (Lipinski definition) is 3. The molecule has 0 aromatic heterocycles. The topological polar surface area (TPSA) is 46.2 Å². The zero-order chi connectivity index (χ0) is 13.2. The van der Waals surface area contributed by atoms with Crippen LogP contribution in [0.25, 0.3) is 0 Å². The second-order valence-electron chi connectivity index (χ2n) is 4.87. The fraction of sp³-hybridized carbons (Fsp3) is 0.538. The molecule has 2 rings (SSSR count). The van der Waals surface area contributed by atoms with Gasteiger partial charge in [0.1, 0.15) is 15.7 Å². The zero-order valence-electron chi connectivity index (χ0n) is 10.4. The van der Waals surface area contributed by atoms with Crippen LogP contribution in [0.1, 0.15) is 31.4 Å². The molecule has 1 aliphatic heterocycles. The van der Waals surface area contributed by atoms with Gasteiger partial charge in [0.05, 0.1) is 11.5 Å². The van der Waals surface area contributed by atoms with Gasteiger partial charge >= 0.3 is 0 Å². The van der Waals surface area contributed by atoms with Gasteiger partial charge in [-0.15, -0.1) is 0 Å². The van der Waals surface area contributed by atoms with Gasteiger partial charge in [-0.2, -0.15) is 0 Å². The lowest BCUT2D eigenvalue weighted by Crippen LogP contribution is -2.38. The van der Waals surface area contributed by atoms with Crippen molar-refractivity contribution >= 4 is 9.84 Å². The van der Waals surface area contributed by atoms with Crippen molar-refractivity contribution in [1.29, 1.82) is 0 Å². The Morgan fingerprint density at radius 1 is 1.33 bits per heavy atom. The van der Waals surface area contributed by atoms with Crippen LogP contribution in [0.2, 0.25) is 0 Å². The van der Waals surface area contributed by atoms with Crippen molar-refractivity contribution in [3.05, 3.63) is 35.6 Å². The minimum Gasteiger partial charge on any atom is -0.307 e. The van der Waals surface area contributed by atoms with Crippen LogP contribution in [0.15, 0.2) is 24.3 Å². The summed E-state index contributed by atoms with van der Waals surface area (Å²) in [6.07, 6.45) is 1.28. The molecule has 1 N–H and O–H groups in total. The predicted octanol–water partition coefficient (Wildman–Crippen LogP) is 2.05. The highest BCUT2D eigenvalue weighted by molar-refractivity contribution is 7.91. The molecule has 1 fully saturated rings. The van der Waals surface area contributed by atoms with Gasteiger partial charge in [0.25, 0.3) is 0 Å². The van der Waals surface area contributed by atoms with Crippen molar-refractivity contribution < 1.29 is 12.8 Å². The average Bonchev–Trinajstić information content (AvgIpc) is 2.32. The molecular formula is C13H18FNO2S. The van der Waals surface area contributed by atoms with Crippen LogP contribution in [0, 0.1) is 5.82 Å². The molecule has 1 saturated heterocycles. The first-order valence-corrected chi connectivity index (χ1v) is 8.00. The Bertz CT molecular complexity index is 501. The fourth-order valence-electron chi connectivity index (χ4n) is 2.28. The van der Waals surface area contributed by atoms with Crippen molar-refractivity contribution in [3.63, 3.8) is 0 Å². The van der Waals surface area contributed by atoms with Crippen LogP contribution in [-0.4, -0.2) is 26.0 Å². The van der Waals surface area contributed by atoms with Crippen molar-refractivity contribution in [2.75, 3.05) is 11.5 Å². The highest BCUT2D eigenvalue weighted by Gasteiger charge is 2.24. The smallest absolute Gasteiger partial charge is 0.150 e. The number of sulfone groups is 1. The van der Waals surface area contributed by atoms with E-state index in [2.05, 4.69) is 5.32 Å². The lowest BCUT2D eigenvalue weighted by molar-refractivity contribution is 0.419. The van der Waals surface area contributed by atoms with Crippen LogP contribution >= 0.6 is 0 Å². The van der Waals surface area contributed by atoms with Crippen LogP contribution in [-0.2, 0) is 9.84 Å². The molecule has 18 heavy (non-hydrogen) atoms. The van der Waals surface area contributed by atoms with E-state index in [0.717, 1.165) is 5.56 Å². The summed E-state index contributed by atoms with van der Waals surface area (Å²) in [5.74, 6) is 0.258. The van der Waals surface area contributed by atoms with E-state index in [1.807, 2.05) is 13.0 Å². The molecule has 1 aromatic carbocycles. The predicted molar refractivity (Wildman–Crippen MR) is 69.6 cm³/mol. The van der Waals surface area contributed by atoms with E-state index in [-0.39, 0.29) is 29.4 Å². The van der Waals surface area contributed by atoms with Crippen LogP contribution in [0.5, 0.6) is 0 Å². The van der Waals surface area contributed by atoms with Gasteiger partial charge in [0.15, 0.2) is 0 Å². The molecule has 0 spiro atoms. The molecule has 0 amide bonds. The second-order valence-corrected chi connectivity index (χ2v) is 7.17. The molecule has 0 radical (unpaired) electrons. The molecule has 1 atom stereocenters. The number of halogens is 1. The summed E-state index contributed by atoms with van der Waals surface area (Å²) >= 11 is 0. The maximum Gasteiger partial charge on any atom is 0.150 e. The maximum atomic E-state index is 13.1. The molecule has 3 nitrogen and oxygen atoms in total. The highest BCUT2D eigenvalue weighted by Crippen LogP contribution is 2.18. The van der Waals surface area contributed by atoms with E-state index in [9.17, 15) is 12.8 Å². The lowest BCUT2D eigenvalue weighted by atomic mass is 10.1. The molecular weight excluding hydrogens is 253 g/mol. The molecule has 0 aliphatic carbocycles. The SMILES string of the molecule is CC(NC1CCS(=O)(=O)CC1)c1cccc(F)c1. The summed E-state index contributed by atoms with van der Waals surface area (Å²) in [6, 6.07) is 6.73. The highest BCUT2D eigenvalue weighted by atomic mass is 32.2. The van der Waals surface area contributed by atoms with Gasteiger partial charge < -0.3 is 5.32 Å². The number of hydrogen-bond donors (Lipinski definition) is 1. The standard InChI is InChI=1S/C13H18FNO2S/c1-10(11-3-2-4-12(14)9-11)15-13-5-7-18(16,17)8-6-13/h2-4,9-10,13,15H,5-8H2,1H3. The first-order chi connectivity index (χ1) is 8.46. The first-order valence-electron chi connectivity index (χ1n) is 6.18. The Hall–Kier alpha value is -0.940. The summed E-state index contributed by atoms with van der Waals surface area (Å²) < 4.78 is 35.7. The Labute approximate surface area is 107 Å². The van der Waals surface area contributed by atoms with E-state index in [4.69, 9.17) is 0 Å². The van der Waals surface area contributed by atoms with E-state index >= 15 is 0 Å². The van der Waals surface area contributed by atoms with Gasteiger partial charge in [-0.25, -0.2) is 12.8 Å².